The number of hydrogen-bond acceptors (Lipinski definition) is 4. The van der Waals surface area contributed by atoms with E-state index >= 15 is 0 Å². The lowest BCUT2D eigenvalue weighted by Crippen LogP contribution is -2.34. The number of esters is 1. The molecule has 2 N–H and O–H groups in total. The van der Waals surface area contributed by atoms with Crippen LogP contribution in [-0.2, 0) is 9.53 Å². The van der Waals surface area contributed by atoms with Gasteiger partial charge in [0.1, 0.15) is 11.9 Å². The van der Waals surface area contributed by atoms with Gasteiger partial charge in [-0.3, -0.25) is 0 Å². The van der Waals surface area contributed by atoms with E-state index in [1.54, 1.807) is 6.92 Å². The highest BCUT2D eigenvalue weighted by molar-refractivity contribution is 5.75. The van der Waals surface area contributed by atoms with Crippen LogP contribution in [0, 0.1) is 5.82 Å². The maximum Gasteiger partial charge on any atom is 0.338 e. The second kappa shape index (κ2) is 6.88. The Labute approximate surface area is 104 Å². The maximum atomic E-state index is 12.6. The molecule has 0 fully saturated rings. The fourth-order valence-corrected chi connectivity index (χ4v) is 1.26. The van der Waals surface area contributed by atoms with Gasteiger partial charge >= 0.3 is 5.97 Å². The number of aliphatic hydroxyl groups is 2. The molecule has 0 amide bonds. The predicted octanol–water partition coefficient (Wildman–Crippen LogP) is 1.12. The van der Waals surface area contributed by atoms with Crippen molar-refractivity contribution in [2.45, 2.75) is 19.1 Å². The van der Waals surface area contributed by atoms with Gasteiger partial charge in [-0.1, -0.05) is 24.3 Å². The molecule has 0 aliphatic heterocycles. The number of carbonyl (C=O) groups is 1. The Morgan fingerprint density at radius 2 is 2.00 bits per heavy atom. The van der Waals surface area contributed by atoms with Gasteiger partial charge in [-0.2, -0.15) is 0 Å². The summed E-state index contributed by atoms with van der Waals surface area (Å²) in [6, 6.07) is 5.56. The lowest BCUT2D eigenvalue weighted by molar-refractivity contribution is -0.157. The third-order valence-electron chi connectivity index (χ3n) is 2.21. The zero-order valence-electron chi connectivity index (χ0n) is 9.91. The molecule has 4 nitrogen and oxygen atoms in total. The summed E-state index contributed by atoms with van der Waals surface area (Å²) in [5.74, 6) is -1.24. The number of aliphatic hydroxyl groups excluding tert-OH is 2. The van der Waals surface area contributed by atoms with Crippen molar-refractivity contribution in [1.29, 1.82) is 0 Å². The molecule has 0 radical (unpaired) electrons. The minimum atomic E-state index is -1.62. The van der Waals surface area contributed by atoms with E-state index in [1.165, 1.54) is 36.4 Å². The van der Waals surface area contributed by atoms with E-state index in [1.807, 2.05) is 0 Å². The Hall–Kier alpha value is -1.72. The lowest BCUT2D eigenvalue weighted by atomic mass is 10.1. The molecule has 5 heteroatoms. The highest BCUT2D eigenvalue weighted by atomic mass is 19.1. The first-order valence-electron chi connectivity index (χ1n) is 5.51. The van der Waals surface area contributed by atoms with Gasteiger partial charge in [-0.15, -0.1) is 0 Å². The molecule has 0 heterocycles. The first-order valence-corrected chi connectivity index (χ1v) is 5.51. The molecule has 0 bridgehead atoms. The van der Waals surface area contributed by atoms with Crippen LogP contribution in [0.3, 0.4) is 0 Å². The number of carbonyl (C=O) groups excluding carboxylic acids is 1. The summed E-state index contributed by atoms with van der Waals surface area (Å²) in [5.41, 5.74) is 0.645. The molecule has 1 aromatic rings. The van der Waals surface area contributed by atoms with E-state index in [0.717, 1.165) is 0 Å². The van der Waals surface area contributed by atoms with E-state index in [4.69, 9.17) is 0 Å². The average Bonchev–Trinajstić information content (AvgIpc) is 2.37. The summed E-state index contributed by atoms with van der Waals surface area (Å²) in [5, 5.41) is 18.9. The van der Waals surface area contributed by atoms with Gasteiger partial charge < -0.3 is 14.9 Å². The van der Waals surface area contributed by atoms with Crippen molar-refractivity contribution in [3.8, 4) is 0 Å². The molecular formula is C13H15FO4. The molecule has 0 aliphatic rings. The van der Waals surface area contributed by atoms with E-state index in [0.29, 0.717) is 5.56 Å². The van der Waals surface area contributed by atoms with Crippen molar-refractivity contribution in [3.63, 3.8) is 0 Å². The Kier molecular flexibility index (Phi) is 5.48. The van der Waals surface area contributed by atoms with Crippen LogP contribution in [0.1, 0.15) is 12.5 Å². The average molecular weight is 254 g/mol. The van der Waals surface area contributed by atoms with Crippen LogP contribution in [0.5, 0.6) is 0 Å². The minimum absolute atomic E-state index is 0.129. The van der Waals surface area contributed by atoms with Crippen LogP contribution in [0.15, 0.2) is 30.3 Å². The zero-order chi connectivity index (χ0) is 13.5. The molecule has 2 atom stereocenters. The molecule has 98 valence electrons. The van der Waals surface area contributed by atoms with Crippen molar-refractivity contribution in [1.82, 2.24) is 0 Å². The van der Waals surface area contributed by atoms with Crippen molar-refractivity contribution in [2.24, 2.45) is 0 Å². The monoisotopic (exact) mass is 254 g/mol. The lowest BCUT2D eigenvalue weighted by Gasteiger charge is -2.12. The predicted molar refractivity (Wildman–Crippen MR) is 64.1 cm³/mol. The fraction of sp³-hybridized carbons (Fsp3) is 0.308. The third kappa shape index (κ3) is 4.27. The van der Waals surface area contributed by atoms with Gasteiger partial charge in [-0.25, -0.2) is 9.18 Å². The molecule has 0 saturated heterocycles. The van der Waals surface area contributed by atoms with E-state index in [-0.39, 0.29) is 12.4 Å². The van der Waals surface area contributed by atoms with Gasteiger partial charge in [-0.05, 0) is 24.6 Å². The molecule has 18 heavy (non-hydrogen) atoms. The van der Waals surface area contributed by atoms with Crippen LogP contribution in [0.2, 0.25) is 0 Å². The van der Waals surface area contributed by atoms with Gasteiger partial charge in [0, 0.05) is 0 Å². The smallest absolute Gasteiger partial charge is 0.338 e. The van der Waals surface area contributed by atoms with Gasteiger partial charge in [0.25, 0.3) is 0 Å². The van der Waals surface area contributed by atoms with Crippen LogP contribution < -0.4 is 0 Å². The first-order chi connectivity index (χ1) is 8.54. The van der Waals surface area contributed by atoms with Crippen molar-refractivity contribution in [3.05, 3.63) is 41.7 Å². The topological polar surface area (TPSA) is 66.8 Å². The highest BCUT2D eigenvalue weighted by Crippen LogP contribution is 2.07. The highest BCUT2D eigenvalue weighted by Gasteiger charge is 2.23. The quantitative estimate of drug-likeness (QED) is 0.773. The zero-order valence-corrected chi connectivity index (χ0v) is 9.91. The number of hydrogen-bond donors (Lipinski definition) is 2. The van der Waals surface area contributed by atoms with E-state index < -0.39 is 18.2 Å². The fourth-order valence-electron chi connectivity index (χ4n) is 1.26. The summed E-state index contributed by atoms with van der Waals surface area (Å²) >= 11 is 0. The Bertz CT molecular complexity index is 414. The molecule has 0 saturated carbocycles. The number of rotatable bonds is 5. The molecule has 1 rings (SSSR count). The van der Waals surface area contributed by atoms with Crippen LogP contribution in [-0.4, -0.2) is 35.0 Å². The number of ether oxygens (including phenoxy) is 1. The number of halogens is 1. The summed E-state index contributed by atoms with van der Waals surface area (Å²) in [7, 11) is 0. The maximum absolute atomic E-state index is 12.6. The summed E-state index contributed by atoms with van der Waals surface area (Å²) < 4.78 is 17.2. The van der Waals surface area contributed by atoms with E-state index in [2.05, 4.69) is 4.74 Å². The van der Waals surface area contributed by atoms with Crippen molar-refractivity contribution in [2.75, 3.05) is 6.61 Å². The largest absolute Gasteiger partial charge is 0.464 e. The van der Waals surface area contributed by atoms with Crippen molar-refractivity contribution >= 4 is 12.0 Å². The molecule has 1 aromatic carbocycles. The molecule has 0 unspecified atom stereocenters. The van der Waals surface area contributed by atoms with Crippen LogP contribution in [0.25, 0.3) is 6.08 Å². The second-order valence-electron chi connectivity index (χ2n) is 3.60. The molecular weight excluding hydrogens is 239 g/mol. The molecule has 0 aliphatic carbocycles. The van der Waals surface area contributed by atoms with Crippen molar-refractivity contribution < 1.29 is 24.1 Å². The Balaban J connectivity index is 2.60. The van der Waals surface area contributed by atoms with Gasteiger partial charge in [0.2, 0.25) is 0 Å². The standard InChI is InChI=1S/C13H15FO4/c1-2-18-13(17)12(16)11(15)8-5-9-3-6-10(14)7-4-9/h3-8,11-12,15-16H,2H2,1H3/b8-5+/t11-,12+/m0/s1. The van der Waals surface area contributed by atoms with Crippen LogP contribution in [0.4, 0.5) is 4.39 Å². The van der Waals surface area contributed by atoms with E-state index in [9.17, 15) is 19.4 Å². The first kappa shape index (κ1) is 14.3. The minimum Gasteiger partial charge on any atom is -0.464 e. The van der Waals surface area contributed by atoms with Gasteiger partial charge in [0.15, 0.2) is 6.10 Å². The van der Waals surface area contributed by atoms with Gasteiger partial charge in [0.05, 0.1) is 6.61 Å². The second-order valence-corrected chi connectivity index (χ2v) is 3.60. The Morgan fingerprint density at radius 3 is 2.56 bits per heavy atom. The van der Waals surface area contributed by atoms with Crippen LogP contribution >= 0.6 is 0 Å². The number of benzene rings is 1. The summed E-state index contributed by atoms with van der Waals surface area (Å²) in [6.45, 7) is 1.73. The normalized spacial score (nSPS) is 14.4. The Morgan fingerprint density at radius 1 is 1.39 bits per heavy atom. The third-order valence-corrected chi connectivity index (χ3v) is 2.21. The molecule has 0 aromatic heterocycles. The summed E-state index contributed by atoms with van der Waals surface area (Å²) in [6.07, 6.45) is -0.266. The SMILES string of the molecule is CCOC(=O)[C@H](O)[C@@H](O)/C=C/c1ccc(F)cc1. The molecule has 0 spiro atoms. The summed E-state index contributed by atoms with van der Waals surface area (Å²) in [4.78, 5) is 11.1.